The molecule has 1 N–H and O–H groups in total. The fourth-order valence-electron chi connectivity index (χ4n) is 5.29. The predicted octanol–water partition coefficient (Wildman–Crippen LogP) is 7.17. The summed E-state index contributed by atoms with van der Waals surface area (Å²) in [5.74, 6) is 0.662. The number of rotatable bonds is 14. The Morgan fingerprint density at radius 2 is 1.30 bits per heavy atom. The van der Waals surface area contributed by atoms with Crippen molar-refractivity contribution in [1.82, 2.24) is 0 Å². The van der Waals surface area contributed by atoms with Crippen molar-refractivity contribution in [2.45, 2.75) is 122 Å². The maximum absolute atomic E-state index is 10.4. The van der Waals surface area contributed by atoms with Crippen LogP contribution in [0.15, 0.2) is 0 Å². The molecule has 2 heteroatoms. The molecule has 1 aliphatic rings. The molecule has 0 radical (unpaired) electrons. The standard InChI is InChI=1S/C9H17O.3C4H9.Sn/c1-3-4-5-8-6-9(8)7(2)10;3*1-3-4-2;/h7,9-10H,3-6H2,1-2H3;3*1,3-4H2,2H3;/t7-,9+;;;;/m1..../s1. The van der Waals surface area contributed by atoms with Crippen molar-refractivity contribution in [3.8, 4) is 0 Å². The van der Waals surface area contributed by atoms with E-state index in [0.29, 0.717) is 9.35 Å². The SMILES string of the molecule is CCCC[C@@]1([Sn]([CH2]CCC)([CH2]CCC)[CH2]CCC)C[C@H]1[C@@H](C)O. The van der Waals surface area contributed by atoms with E-state index in [4.69, 9.17) is 0 Å². The summed E-state index contributed by atoms with van der Waals surface area (Å²) in [4.78, 5) is 0. The van der Waals surface area contributed by atoms with Gasteiger partial charge in [0, 0.05) is 0 Å². The van der Waals surface area contributed by atoms with Crippen LogP contribution < -0.4 is 0 Å². The van der Waals surface area contributed by atoms with Gasteiger partial charge in [0.1, 0.15) is 0 Å². The Hall–Kier alpha value is 0.759. The van der Waals surface area contributed by atoms with Crippen molar-refractivity contribution >= 4 is 18.4 Å². The van der Waals surface area contributed by atoms with Crippen LogP contribution in [0.4, 0.5) is 0 Å². The van der Waals surface area contributed by atoms with Gasteiger partial charge in [0.25, 0.3) is 0 Å². The summed E-state index contributed by atoms with van der Waals surface area (Å²) < 4.78 is 5.49. The number of aliphatic hydroxyl groups excluding tert-OH is 1. The molecule has 0 saturated heterocycles. The molecular weight excluding hydrogens is 387 g/mol. The summed E-state index contributed by atoms with van der Waals surface area (Å²) in [7, 11) is 0. The van der Waals surface area contributed by atoms with Gasteiger partial charge >= 0.3 is 151 Å². The Morgan fingerprint density at radius 3 is 1.61 bits per heavy atom. The van der Waals surface area contributed by atoms with E-state index in [1.807, 2.05) is 0 Å². The van der Waals surface area contributed by atoms with Gasteiger partial charge in [-0.25, -0.2) is 0 Å². The molecule has 0 aromatic heterocycles. The fraction of sp³-hybridized carbons (Fsp3) is 1.00. The maximum atomic E-state index is 10.4. The second-order valence-corrected chi connectivity index (χ2v) is 22.8. The molecule has 0 aromatic rings. The van der Waals surface area contributed by atoms with Crippen LogP contribution in [-0.4, -0.2) is 29.6 Å². The summed E-state index contributed by atoms with van der Waals surface area (Å²) >= 11 is -2.22. The first-order valence-corrected chi connectivity index (χ1v) is 18.2. The van der Waals surface area contributed by atoms with Crippen LogP contribution >= 0.6 is 0 Å². The van der Waals surface area contributed by atoms with Gasteiger partial charge in [-0.15, -0.1) is 0 Å². The van der Waals surface area contributed by atoms with Crippen LogP contribution in [0, 0.1) is 5.92 Å². The second kappa shape index (κ2) is 10.7. The van der Waals surface area contributed by atoms with Gasteiger partial charge in [-0.3, -0.25) is 0 Å². The van der Waals surface area contributed by atoms with Gasteiger partial charge in [-0.2, -0.15) is 0 Å². The Balaban J connectivity index is 3.07. The van der Waals surface area contributed by atoms with Gasteiger partial charge in [0.2, 0.25) is 0 Å². The van der Waals surface area contributed by atoms with Gasteiger partial charge in [0.05, 0.1) is 0 Å². The molecule has 138 valence electrons. The van der Waals surface area contributed by atoms with Gasteiger partial charge in [-0.1, -0.05) is 0 Å². The van der Waals surface area contributed by atoms with Crippen molar-refractivity contribution in [3.05, 3.63) is 0 Å². The van der Waals surface area contributed by atoms with E-state index in [2.05, 4.69) is 34.6 Å². The average Bonchev–Trinajstić information content (AvgIpc) is 3.29. The molecule has 1 fully saturated rings. The van der Waals surface area contributed by atoms with E-state index < -0.39 is 18.4 Å². The number of hydrogen-bond acceptors (Lipinski definition) is 1. The first-order chi connectivity index (χ1) is 11.0. The van der Waals surface area contributed by atoms with Crippen molar-refractivity contribution in [3.63, 3.8) is 0 Å². The molecule has 1 saturated carbocycles. The molecule has 0 spiro atoms. The average molecular weight is 431 g/mol. The van der Waals surface area contributed by atoms with E-state index >= 15 is 0 Å². The van der Waals surface area contributed by atoms with Crippen molar-refractivity contribution in [2.75, 3.05) is 0 Å². The molecule has 0 unspecified atom stereocenters. The third-order valence-corrected chi connectivity index (χ3v) is 26.4. The van der Waals surface area contributed by atoms with Gasteiger partial charge in [-0.05, 0) is 0 Å². The molecule has 1 rings (SSSR count). The minimum atomic E-state index is -2.22. The Labute approximate surface area is 150 Å². The molecule has 0 heterocycles. The molecule has 1 aliphatic carbocycles. The predicted molar refractivity (Wildman–Crippen MR) is 107 cm³/mol. The van der Waals surface area contributed by atoms with Crippen LogP contribution in [0.25, 0.3) is 0 Å². The van der Waals surface area contributed by atoms with Crippen molar-refractivity contribution < 1.29 is 5.11 Å². The summed E-state index contributed by atoms with van der Waals surface area (Å²) in [6, 6.07) is 0. The quantitative estimate of drug-likeness (QED) is 0.289. The Kier molecular flexibility index (Phi) is 10.1. The molecule has 0 aliphatic heterocycles. The fourth-order valence-corrected chi connectivity index (χ4v) is 27.3. The monoisotopic (exact) mass is 432 g/mol. The molecule has 0 bridgehead atoms. The van der Waals surface area contributed by atoms with Gasteiger partial charge in [0.15, 0.2) is 0 Å². The topological polar surface area (TPSA) is 20.2 Å². The third kappa shape index (κ3) is 5.36. The van der Waals surface area contributed by atoms with E-state index in [-0.39, 0.29) is 6.10 Å². The summed E-state index contributed by atoms with van der Waals surface area (Å²) in [5, 5.41) is 10.4. The van der Waals surface area contributed by atoms with Crippen LogP contribution in [-0.2, 0) is 0 Å². The van der Waals surface area contributed by atoms with Gasteiger partial charge < -0.3 is 0 Å². The molecule has 0 amide bonds. The molecule has 23 heavy (non-hydrogen) atoms. The third-order valence-electron chi connectivity index (χ3n) is 6.78. The van der Waals surface area contributed by atoms with E-state index in [0.717, 1.165) is 0 Å². The van der Waals surface area contributed by atoms with E-state index in [1.165, 1.54) is 64.2 Å². The second-order valence-electron chi connectivity index (χ2n) is 8.40. The van der Waals surface area contributed by atoms with Crippen LogP contribution in [0.3, 0.4) is 0 Å². The first kappa shape index (κ1) is 21.8. The minimum absolute atomic E-state index is 0.0622. The number of unbranched alkanes of at least 4 members (excludes halogenated alkanes) is 4. The zero-order chi connectivity index (χ0) is 17.3. The molecule has 1 nitrogen and oxygen atoms in total. The number of hydrogen-bond donors (Lipinski definition) is 1. The van der Waals surface area contributed by atoms with E-state index in [1.54, 1.807) is 13.3 Å². The Bertz CT molecular complexity index is 293. The summed E-state index contributed by atoms with van der Waals surface area (Å²) in [6.45, 7) is 11.5. The van der Waals surface area contributed by atoms with Crippen LogP contribution in [0.5, 0.6) is 0 Å². The summed E-state index contributed by atoms with van der Waals surface area (Å²) in [6.07, 6.45) is 14.0. The van der Waals surface area contributed by atoms with Crippen LogP contribution in [0.1, 0.15) is 98.8 Å². The Morgan fingerprint density at radius 1 is 0.870 bits per heavy atom. The molecular formula is C21H44OSn. The number of aliphatic hydroxyl groups is 1. The van der Waals surface area contributed by atoms with Crippen molar-refractivity contribution in [1.29, 1.82) is 0 Å². The molecule has 3 atom stereocenters. The zero-order valence-electron chi connectivity index (χ0n) is 16.8. The first-order valence-electron chi connectivity index (χ1n) is 10.7. The van der Waals surface area contributed by atoms with Crippen molar-refractivity contribution in [2.24, 2.45) is 5.92 Å². The normalized spacial score (nSPS) is 25.6. The summed E-state index contributed by atoms with van der Waals surface area (Å²) in [5.41, 5.74) is 0. The van der Waals surface area contributed by atoms with Crippen LogP contribution in [0.2, 0.25) is 16.7 Å². The zero-order valence-corrected chi connectivity index (χ0v) is 19.6. The van der Waals surface area contributed by atoms with E-state index in [9.17, 15) is 5.11 Å². The molecule has 0 aromatic carbocycles.